The van der Waals surface area contributed by atoms with Crippen molar-refractivity contribution in [3.05, 3.63) is 0 Å². The summed E-state index contributed by atoms with van der Waals surface area (Å²) >= 11 is 0. The maximum absolute atomic E-state index is 11.1. The molecule has 2 nitrogen and oxygen atoms in total. The molecule has 1 aliphatic rings. The maximum atomic E-state index is 11.1. The molecular weight excluding hydrogens is 188 g/mol. The van der Waals surface area contributed by atoms with Crippen LogP contribution in [0.5, 0.6) is 0 Å². The van der Waals surface area contributed by atoms with Gasteiger partial charge in [-0.25, -0.2) is 0 Å². The molecule has 2 atom stereocenters. The number of rotatable bonds is 7. The Morgan fingerprint density at radius 1 is 1.40 bits per heavy atom. The molecule has 0 amide bonds. The molecule has 1 aliphatic carbocycles. The van der Waals surface area contributed by atoms with Crippen LogP contribution >= 0.6 is 0 Å². The number of ketones is 1. The lowest BCUT2D eigenvalue weighted by Gasteiger charge is -2.17. The first-order valence-corrected chi connectivity index (χ1v) is 6.39. The van der Waals surface area contributed by atoms with Gasteiger partial charge in [-0.15, -0.1) is 0 Å². The number of hydrogen-bond acceptors (Lipinski definition) is 2. The Kier molecular flexibility index (Phi) is 5.92. The summed E-state index contributed by atoms with van der Waals surface area (Å²) in [5.41, 5.74) is 0. The number of ether oxygens (including phenoxy) is 1. The Morgan fingerprint density at radius 2 is 2.20 bits per heavy atom. The minimum Gasteiger partial charge on any atom is -0.375 e. The van der Waals surface area contributed by atoms with Crippen molar-refractivity contribution in [2.24, 2.45) is 0 Å². The minimum atomic E-state index is 0.221. The number of Topliss-reactive ketones (excluding diaryl/α,β-unsaturated/α-hetero) is 1. The Hall–Kier alpha value is -0.370. The largest absolute Gasteiger partial charge is 0.375 e. The molecule has 0 radical (unpaired) electrons. The summed E-state index contributed by atoms with van der Waals surface area (Å²) in [4.78, 5) is 11.1. The summed E-state index contributed by atoms with van der Waals surface area (Å²) in [5, 5.41) is 0. The first kappa shape index (κ1) is 12.7. The molecule has 0 saturated heterocycles. The number of hydrogen-bond donors (Lipinski definition) is 0. The van der Waals surface area contributed by atoms with Crippen LogP contribution in [0.25, 0.3) is 0 Å². The van der Waals surface area contributed by atoms with Crippen LogP contribution in [-0.4, -0.2) is 18.0 Å². The van der Waals surface area contributed by atoms with E-state index in [1.165, 1.54) is 25.7 Å². The van der Waals surface area contributed by atoms with Gasteiger partial charge in [-0.05, 0) is 19.8 Å². The van der Waals surface area contributed by atoms with Gasteiger partial charge in [0.05, 0.1) is 12.2 Å². The van der Waals surface area contributed by atoms with E-state index >= 15 is 0 Å². The van der Waals surface area contributed by atoms with E-state index in [1.807, 2.05) is 0 Å². The van der Waals surface area contributed by atoms with Crippen molar-refractivity contribution >= 4 is 5.78 Å². The molecule has 88 valence electrons. The zero-order valence-corrected chi connectivity index (χ0v) is 10.1. The number of carbonyl (C=O) groups is 1. The van der Waals surface area contributed by atoms with Gasteiger partial charge in [-0.1, -0.05) is 32.6 Å². The number of carbonyl (C=O) groups excluding carboxylic acids is 1. The van der Waals surface area contributed by atoms with Crippen LogP contribution < -0.4 is 0 Å². The molecule has 15 heavy (non-hydrogen) atoms. The highest BCUT2D eigenvalue weighted by Crippen LogP contribution is 2.21. The standard InChI is InChI=1S/C13H24O2/c1-3-4-5-6-7-11(2)15-13-9-8-12(14)10-13/h11,13H,3-10H2,1-2H3. The van der Waals surface area contributed by atoms with Crippen LogP contribution in [0.4, 0.5) is 0 Å². The third-order valence-electron chi connectivity index (χ3n) is 3.09. The summed E-state index contributed by atoms with van der Waals surface area (Å²) in [7, 11) is 0. The van der Waals surface area contributed by atoms with Gasteiger partial charge in [0, 0.05) is 12.8 Å². The van der Waals surface area contributed by atoms with Crippen LogP contribution in [0.2, 0.25) is 0 Å². The van der Waals surface area contributed by atoms with Gasteiger partial charge in [0.15, 0.2) is 0 Å². The Morgan fingerprint density at radius 3 is 2.80 bits per heavy atom. The third-order valence-corrected chi connectivity index (χ3v) is 3.09. The van der Waals surface area contributed by atoms with Crippen molar-refractivity contribution in [2.45, 2.75) is 77.4 Å². The second kappa shape index (κ2) is 7.00. The molecule has 1 saturated carbocycles. The van der Waals surface area contributed by atoms with Crippen LogP contribution in [0.15, 0.2) is 0 Å². The summed E-state index contributed by atoms with van der Waals surface area (Å²) < 4.78 is 5.84. The first-order chi connectivity index (χ1) is 7.22. The summed E-state index contributed by atoms with van der Waals surface area (Å²) in [6, 6.07) is 0. The molecule has 0 aliphatic heterocycles. The molecule has 0 N–H and O–H groups in total. The second-order valence-electron chi connectivity index (χ2n) is 4.70. The smallest absolute Gasteiger partial charge is 0.135 e. The molecule has 0 bridgehead atoms. The monoisotopic (exact) mass is 212 g/mol. The normalized spacial score (nSPS) is 23.3. The van der Waals surface area contributed by atoms with E-state index in [0.29, 0.717) is 18.3 Å². The fourth-order valence-corrected chi connectivity index (χ4v) is 2.15. The summed E-state index contributed by atoms with van der Waals surface area (Å²) in [6.07, 6.45) is 9.20. The third kappa shape index (κ3) is 5.31. The lowest BCUT2D eigenvalue weighted by Crippen LogP contribution is -2.17. The lowest BCUT2D eigenvalue weighted by molar-refractivity contribution is -0.118. The van der Waals surface area contributed by atoms with Gasteiger partial charge in [0.2, 0.25) is 0 Å². The van der Waals surface area contributed by atoms with E-state index in [2.05, 4.69) is 13.8 Å². The van der Waals surface area contributed by atoms with Crippen molar-refractivity contribution in [1.29, 1.82) is 0 Å². The quantitative estimate of drug-likeness (QED) is 0.604. The molecule has 0 heterocycles. The summed E-state index contributed by atoms with van der Waals surface area (Å²) in [5.74, 6) is 0.373. The Balaban J connectivity index is 2.02. The van der Waals surface area contributed by atoms with E-state index in [-0.39, 0.29) is 6.10 Å². The molecule has 0 aromatic rings. The van der Waals surface area contributed by atoms with E-state index < -0.39 is 0 Å². The lowest BCUT2D eigenvalue weighted by atomic mass is 10.1. The molecule has 1 rings (SSSR count). The predicted octanol–water partition coefficient (Wildman–Crippen LogP) is 3.48. The van der Waals surface area contributed by atoms with Gasteiger partial charge in [-0.2, -0.15) is 0 Å². The van der Waals surface area contributed by atoms with Crippen molar-refractivity contribution in [1.82, 2.24) is 0 Å². The van der Waals surface area contributed by atoms with Crippen LogP contribution in [0, 0.1) is 0 Å². The highest BCUT2D eigenvalue weighted by atomic mass is 16.5. The molecule has 2 heteroatoms. The van der Waals surface area contributed by atoms with Crippen LogP contribution in [0.3, 0.4) is 0 Å². The maximum Gasteiger partial charge on any atom is 0.135 e. The average Bonchev–Trinajstić information content (AvgIpc) is 2.59. The number of unbranched alkanes of at least 4 members (excludes halogenated alkanes) is 3. The Bertz CT molecular complexity index is 189. The van der Waals surface area contributed by atoms with Crippen molar-refractivity contribution in [2.75, 3.05) is 0 Å². The van der Waals surface area contributed by atoms with Crippen molar-refractivity contribution < 1.29 is 9.53 Å². The molecule has 0 spiro atoms. The van der Waals surface area contributed by atoms with Crippen molar-refractivity contribution in [3.63, 3.8) is 0 Å². The van der Waals surface area contributed by atoms with E-state index in [0.717, 1.165) is 19.3 Å². The molecule has 0 aromatic carbocycles. The summed E-state index contributed by atoms with van der Waals surface area (Å²) in [6.45, 7) is 4.36. The van der Waals surface area contributed by atoms with Crippen LogP contribution in [0.1, 0.15) is 65.2 Å². The highest BCUT2D eigenvalue weighted by molar-refractivity contribution is 5.81. The fourth-order valence-electron chi connectivity index (χ4n) is 2.15. The van der Waals surface area contributed by atoms with E-state index in [4.69, 9.17) is 4.74 Å². The van der Waals surface area contributed by atoms with Gasteiger partial charge in [-0.3, -0.25) is 4.79 Å². The van der Waals surface area contributed by atoms with E-state index in [9.17, 15) is 4.79 Å². The zero-order chi connectivity index (χ0) is 11.1. The topological polar surface area (TPSA) is 26.3 Å². The first-order valence-electron chi connectivity index (χ1n) is 6.39. The van der Waals surface area contributed by atoms with Gasteiger partial charge in [0.1, 0.15) is 5.78 Å². The fraction of sp³-hybridized carbons (Fsp3) is 0.923. The zero-order valence-electron chi connectivity index (χ0n) is 10.1. The molecule has 1 fully saturated rings. The highest BCUT2D eigenvalue weighted by Gasteiger charge is 2.23. The van der Waals surface area contributed by atoms with Crippen LogP contribution in [-0.2, 0) is 9.53 Å². The van der Waals surface area contributed by atoms with Gasteiger partial charge < -0.3 is 4.74 Å². The van der Waals surface area contributed by atoms with Gasteiger partial charge >= 0.3 is 0 Å². The predicted molar refractivity (Wildman–Crippen MR) is 62.0 cm³/mol. The second-order valence-corrected chi connectivity index (χ2v) is 4.70. The molecule has 2 unspecified atom stereocenters. The molecular formula is C13H24O2. The van der Waals surface area contributed by atoms with Gasteiger partial charge in [0.25, 0.3) is 0 Å². The van der Waals surface area contributed by atoms with E-state index in [1.54, 1.807) is 0 Å². The average molecular weight is 212 g/mol. The Labute approximate surface area is 93.4 Å². The minimum absolute atomic E-state index is 0.221. The van der Waals surface area contributed by atoms with Crippen molar-refractivity contribution in [3.8, 4) is 0 Å². The SMILES string of the molecule is CCCCCCC(C)OC1CCC(=O)C1. The molecule has 0 aromatic heterocycles.